The molecule has 3 saturated carbocycles. The Bertz CT molecular complexity index is 5490. The van der Waals surface area contributed by atoms with Crippen LogP contribution in [0.3, 0.4) is 0 Å². The van der Waals surface area contributed by atoms with Crippen LogP contribution in [0.15, 0.2) is 97.8 Å². The lowest BCUT2D eigenvalue weighted by Crippen LogP contribution is -2.57. The Hall–Kier alpha value is -9.86. The molecule has 3 amide bonds. The Morgan fingerprint density at radius 2 is 0.895 bits per heavy atom. The van der Waals surface area contributed by atoms with Crippen LogP contribution in [-0.2, 0) is 60.7 Å². The first-order valence-corrected chi connectivity index (χ1v) is 44.2. The Morgan fingerprint density at radius 1 is 0.500 bits per heavy atom. The number of anilines is 7. The summed E-state index contributed by atoms with van der Waals surface area (Å²) in [5.74, 6) is 0.976. The average molecular weight is 1620 g/mol. The lowest BCUT2D eigenvalue weighted by atomic mass is 9.58. The number of carbonyl (C=O) groups is 3. The molecule has 27 nitrogen and oxygen atoms in total. The van der Waals surface area contributed by atoms with E-state index in [2.05, 4.69) is 79.4 Å². The molecule has 0 unspecified atom stereocenters. The minimum atomic E-state index is -3.66. The van der Waals surface area contributed by atoms with E-state index in [9.17, 15) is 39.6 Å². The molecule has 6 aromatic heterocycles. The summed E-state index contributed by atoms with van der Waals surface area (Å²) >= 11 is 0. The highest BCUT2D eigenvalue weighted by molar-refractivity contribution is 7.92. The smallest absolute Gasteiger partial charge is 0.238 e. The number of nitrogens with one attached hydrogen (secondary N) is 5. The van der Waals surface area contributed by atoms with Gasteiger partial charge in [-0.3, -0.25) is 43.5 Å². The van der Waals surface area contributed by atoms with Crippen molar-refractivity contribution in [3.8, 4) is 45.1 Å². The number of fused-ring (bicyclic) bond motifs is 12. The number of ether oxygens (including phenoxy) is 2. The molecule has 5 N–H and O–H groups in total. The summed E-state index contributed by atoms with van der Waals surface area (Å²) in [5, 5.41) is 8.85. The van der Waals surface area contributed by atoms with Gasteiger partial charge >= 0.3 is 0 Å². The summed E-state index contributed by atoms with van der Waals surface area (Å²) in [4.78, 5) is 76.1. The van der Waals surface area contributed by atoms with Crippen molar-refractivity contribution in [2.75, 3.05) is 127 Å². The monoisotopic (exact) mass is 1620 g/mol. The lowest BCUT2D eigenvalue weighted by molar-refractivity contribution is -0.128. The first-order valence-electron chi connectivity index (χ1n) is 38.6. The van der Waals surface area contributed by atoms with E-state index in [1.165, 1.54) is 36.7 Å². The second-order valence-corrected chi connectivity index (χ2v) is 37.6. The van der Waals surface area contributed by atoms with Crippen molar-refractivity contribution in [2.24, 2.45) is 11.8 Å². The molecule has 0 radical (unpaired) electrons. The van der Waals surface area contributed by atoms with Crippen LogP contribution < -0.4 is 53.9 Å². The van der Waals surface area contributed by atoms with E-state index in [1.807, 2.05) is 67.0 Å². The lowest BCUT2D eigenvalue weighted by Gasteiger charge is -2.44. The minimum Gasteiger partial charge on any atom is -0.475 e. The van der Waals surface area contributed by atoms with E-state index in [0.717, 1.165) is 145 Å². The average Bonchev–Trinajstić information content (AvgIpc) is 1.59. The molecule has 4 fully saturated rings. The predicted molar refractivity (Wildman–Crippen MR) is 442 cm³/mol. The molecule has 10 heterocycles. The molecule has 16 rings (SSSR count). The summed E-state index contributed by atoms with van der Waals surface area (Å²) < 4.78 is 123. The van der Waals surface area contributed by atoms with Gasteiger partial charge in [-0.1, -0.05) is 66.9 Å². The topological polar surface area (TPSA) is 326 Å². The van der Waals surface area contributed by atoms with Crippen LogP contribution in [0.4, 0.5) is 48.7 Å². The maximum atomic E-state index is 15.5. The molecule has 3 aromatic carbocycles. The highest BCUT2D eigenvalue weighted by atomic mass is 32.2. The summed E-state index contributed by atoms with van der Waals surface area (Å²) in [6.07, 6.45) is 20.8. The first-order chi connectivity index (χ1) is 53.9. The van der Waals surface area contributed by atoms with E-state index >= 15 is 8.78 Å². The van der Waals surface area contributed by atoms with Gasteiger partial charge in [-0.05, 0) is 112 Å². The minimum absolute atomic E-state index is 0.0529. The van der Waals surface area contributed by atoms with E-state index in [4.69, 9.17) is 14.5 Å². The van der Waals surface area contributed by atoms with Gasteiger partial charge < -0.3 is 44.6 Å². The quantitative estimate of drug-likeness (QED) is 0.0371. The molecule has 0 bridgehead atoms. The van der Waals surface area contributed by atoms with E-state index in [-0.39, 0.29) is 77.3 Å². The molecule has 604 valence electrons. The van der Waals surface area contributed by atoms with Crippen molar-refractivity contribution in [1.29, 1.82) is 0 Å². The molecular formula is C82H98F2N16O11S3. The van der Waals surface area contributed by atoms with Gasteiger partial charge in [0, 0.05) is 157 Å². The highest BCUT2D eigenvalue weighted by Crippen LogP contribution is 2.61. The number of nitrogens with zero attached hydrogens (tertiary/aromatic N) is 11. The predicted octanol–water partition coefficient (Wildman–Crippen LogP) is 11.3. The third-order valence-corrected chi connectivity index (χ3v) is 25.2. The van der Waals surface area contributed by atoms with Gasteiger partial charge in [-0.2, -0.15) is 0 Å². The van der Waals surface area contributed by atoms with Gasteiger partial charge in [0.1, 0.15) is 36.2 Å². The van der Waals surface area contributed by atoms with Crippen molar-refractivity contribution in [1.82, 2.24) is 45.4 Å². The molecule has 3 aliphatic carbocycles. The fourth-order valence-corrected chi connectivity index (χ4v) is 19.0. The fraction of sp³-hybridized carbons (Fsp3) is 0.451. The van der Waals surface area contributed by atoms with E-state index < -0.39 is 57.9 Å². The Morgan fingerprint density at radius 3 is 1.30 bits per heavy atom. The summed E-state index contributed by atoms with van der Waals surface area (Å²) in [6, 6.07) is 18.0. The molecule has 114 heavy (non-hydrogen) atoms. The third-order valence-electron chi connectivity index (χ3n) is 23.4. The van der Waals surface area contributed by atoms with E-state index in [0.29, 0.717) is 75.4 Å². The van der Waals surface area contributed by atoms with Crippen molar-refractivity contribution in [3.05, 3.63) is 126 Å². The van der Waals surface area contributed by atoms with E-state index in [1.54, 1.807) is 65.7 Å². The summed E-state index contributed by atoms with van der Waals surface area (Å²) in [5.41, 5.74) is 8.95. The number of rotatable bonds is 23. The van der Waals surface area contributed by atoms with Crippen LogP contribution in [0.25, 0.3) is 66.1 Å². The van der Waals surface area contributed by atoms with Gasteiger partial charge in [-0.15, -0.1) is 0 Å². The van der Waals surface area contributed by atoms with Crippen molar-refractivity contribution in [3.63, 3.8) is 0 Å². The third kappa shape index (κ3) is 15.2. The van der Waals surface area contributed by atoms with Crippen LogP contribution in [0, 0.1) is 23.5 Å². The standard InChI is InChI=1S/2C28H34FN5O4S.C26H30N6O3S/c2*1-6-17-12-28(13-17)25-20-10-19(21(29)11-22(20)31-15-24(25)34(4)27(28)35)18-9-23(33-39(5,36)37)26(32-14-18)38-8-7-30-16(2)3;1-30(2)18-14-32(15-18)24-21(29-36(4,34)35)11-17(12-28-24)16-6-7-20-19(10-16)23-22(13-27-20)31(3)25(33)26(23)8-5-9-26/h2*9-11,14-17,30,33H,6-8,12-13H2,1-5H3;6-7,10-13,18,29H,5,8-9,14-15H2,1-4H3. The van der Waals surface area contributed by atoms with Crippen molar-refractivity contribution >= 4 is 120 Å². The fourth-order valence-electron chi connectivity index (χ4n) is 17.3. The van der Waals surface area contributed by atoms with Gasteiger partial charge in [-0.25, -0.2) is 49.0 Å². The zero-order valence-corrected chi connectivity index (χ0v) is 69.1. The Balaban J connectivity index is 0.000000142. The van der Waals surface area contributed by atoms with Crippen LogP contribution in [0.5, 0.6) is 11.8 Å². The summed E-state index contributed by atoms with van der Waals surface area (Å²) in [6.45, 7) is 15.5. The maximum Gasteiger partial charge on any atom is 0.238 e. The normalized spacial score (nSPS) is 20.1. The molecule has 1 saturated heterocycles. The molecule has 0 atom stereocenters. The van der Waals surface area contributed by atoms with Crippen LogP contribution in [0.1, 0.15) is 116 Å². The Kier molecular flexibility index (Phi) is 21.8. The molecular weight excluding hydrogens is 1520 g/mol. The first kappa shape index (κ1) is 80.7. The molecule has 7 aliphatic rings. The maximum absolute atomic E-state index is 15.5. The number of halogens is 2. The van der Waals surface area contributed by atoms with Crippen LogP contribution >= 0.6 is 0 Å². The highest BCUT2D eigenvalue weighted by Gasteiger charge is 2.60. The van der Waals surface area contributed by atoms with Gasteiger partial charge in [0.15, 0.2) is 5.82 Å². The summed E-state index contributed by atoms with van der Waals surface area (Å²) in [7, 11) is -1.38. The number of aromatic nitrogens is 6. The SMILES string of the molecule is CCC1CC2(C1)C(=O)N(C)c1cnc3cc(F)c(-c4cnc(OCCNC(C)C)c(NS(C)(=O)=O)c4)cc3c12.CCC1CC2(C1)C(=O)N(C)c1cnc3cc(F)c(-c4cnc(OCCNC(C)C)c(NS(C)(=O)=O)c4)cc3c12.CN1C(=O)C2(CCC2)c2c1cnc1ccc(-c3cnc(N4CC(N(C)C)C4)c(NS(C)(=O)=O)c3)cc21. The number of benzene rings is 3. The number of amides is 3. The number of sulfonamides is 3. The number of pyridine rings is 6. The van der Waals surface area contributed by atoms with Gasteiger partial charge in [0.2, 0.25) is 59.6 Å². The molecule has 3 spiro atoms. The number of likely N-dealkylation sites (N-methyl/N-ethyl adjacent to an activating group) is 4. The number of carbonyl (C=O) groups excluding carboxylic acids is 3. The zero-order valence-electron chi connectivity index (χ0n) is 66.6. The van der Waals surface area contributed by atoms with Gasteiger partial charge in [0.05, 0.1) is 92.9 Å². The molecule has 32 heteroatoms. The number of hydrogen-bond donors (Lipinski definition) is 5. The second kappa shape index (κ2) is 30.7. The molecule has 9 aromatic rings. The second-order valence-electron chi connectivity index (χ2n) is 32.4. The van der Waals surface area contributed by atoms with Gasteiger partial charge in [0.25, 0.3) is 0 Å². The largest absolute Gasteiger partial charge is 0.475 e. The van der Waals surface area contributed by atoms with Crippen LogP contribution in [0.2, 0.25) is 0 Å². The van der Waals surface area contributed by atoms with Crippen LogP contribution in [-0.4, -0.2) is 189 Å². The Labute approximate surface area is 664 Å². The van der Waals surface area contributed by atoms with Crippen molar-refractivity contribution in [2.45, 2.75) is 134 Å². The zero-order chi connectivity index (χ0) is 81.6. The molecule has 4 aliphatic heterocycles. The number of hydrogen-bond acceptors (Lipinski definition) is 21. The van der Waals surface area contributed by atoms with Crippen molar-refractivity contribution < 1.29 is 57.9 Å².